The van der Waals surface area contributed by atoms with Gasteiger partial charge in [0.05, 0.1) is 43.1 Å². The molecule has 3 aliphatic rings. The van der Waals surface area contributed by atoms with Gasteiger partial charge in [0, 0.05) is 25.6 Å². The van der Waals surface area contributed by atoms with Crippen molar-refractivity contribution in [3.8, 4) is 0 Å². The first kappa shape index (κ1) is 17.5. The highest BCUT2D eigenvalue weighted by Gasteiger charge is 2.50. The van der Waals surface area contributed by atoms with Crippen molar-refractivity contribution in [1.29, 1.82) is 0 Å². The normalized spacial score (nSPS) is 26.6. The highest BCUT2D eigenvalue weighted by atomic mass is 16.5. The van der Waals surface area contributed by atoms with Crippen LogP contribution in [0.5, 0.6) is 0 Å². The largest absolute Gasteiger partial charge is 0.383 e. The summed E-state index contributed by atoms with van der Waals surface area (Å²) < 4.78 is 12.8. The number of methoxy groups -OCH3 is 1. The van der Waals surface area contributed by atoms with E-state index in [1.54, 1.807) is 16.7 Å². The van der Waals surface area contributed by atoms with Crippen molar-refractivity contribution in [2.24, 2.45) is 0 Å². The van der Waals surface area contributed by atoms with Crippen LogP contribution >= 0.6 is 0 Å². The lowest BCUT2D eigenvalue weighted by Crippen LogP contribution is -2.57. The Kier molecular flexibility index (Phi) is 4.27. The van der Waals surface area contributed by atoms with Crippen LogP contribution in [0.2, 0.25) is 0 Å². The van der Waals surface area contributed by atoms with Gasteiger partial charge in [0.2, 0.25) is 5.91 Å². The third-order valence-corrected chi connectivity index (χ3v) is 5.48. The van der Waals surface area contributed by atoms with Gasteiger partial charge in [0.25, 0.3) is 5.91 Å². The first-order valence-corrected chi connectivity index (χ1v) is 9.27. The lowest BCUT2D eigenvalue weighted by molar-refractivity contribution is -0.125. The zero-order chi connectivity index (χ0) is 18.5. The molecule has 1 spiro atoms. The molecule has 0 bridgehead atoms. The number of piperazine rings is 1. The standard InChI is InChI=1S/C18H26N4O4/c1-11-8-13-15(12(2)26-11)20-22(6-7-25-3)16(13)17(24)21-9-14(23)19-18(10-21)4-5-18/h11-12H,4-10H2,1-3H3,(H,19,23)/t11-,12+/m0/s1. The number of nitrogens with zero attached hydrogens (tertiary/aromatic N) is 3. The van der Waals surface area contributed by atoms with E-state index in [4.69, 9.17) is 9.47 Å². The summed E-state index contributed by atoms with van der Waals surface area (Å²) in [5.41, 5.74) is 2.16. The quantitative estimate of drug-likeness (QED) is 0.850. The molecule has 2 fully saturated rings. The number of carbonyl (C=O) groups is 2. The van der Waals surface area contributed by atoms with E-state index in [9.17, 15) is 9.59 Å². The Morgan fingerprint density at radius 2 is 2.19 bits per heavy atom. The molecule has 8 nitrogen and oxygen atoms in total. The number of amides is 2. The molecule has 2 amide bonds. The summed E-state index contributed by atoms with van der Waals surface area (Å²) in [5, 5.41) is 7.68. The molecule has 0 radical (unpaired) electrons. The first-order valence-electron chi connectivity index (χ1n) is 9.27. The number of hydrogen-bond acceptors (Lipinski definition) is 5. The Hall–Kier alpha value is -1.93. The predicted octanol–water partition coefficient (Wildman–Crippen LogP) is 0.656. The van der Waals surface area contributed by atoms with E-state index in [1.165, 1.54) is 0 Å². The van der Waals surface area contributed by atoms with E-state index in [1.807, 2.05) is 13.8 Å². The Morgan fingerprint density at radius 1 is 1.42 bits per heavy atom. The average molecular weight is 362 g/mol. The van der Waals surface area contributed by atoms with Gasteiger partial charge in [-0.2, -0.15) is 5.10 Å². The van der Waals surface area contributed by atoms with E-state index in [-0.39, 0.29) is 36.1 Å². The van der Waals surface area contributed by atoms with E-state index in [2.05, 4.69) is 10.4 Å². The molecule has 1 saturated carbocycles. The molecule has 1 saturated heterocycles. The van der Waals surface area contributed by atoms with Gasteiger partial charge in [-0.25, -0.2) is 0 Å². The predicted molar refractivity (Wildman–Crippen MR) is 92.8 cm³/mol. The van der Waals surface area contributed by atoms with E-state index >= 15 is 0 Å². The number of carbonyl (C=O) groups excluding carboxylic acids is 2. The second-order valence-corrected chi connectivity index (χ2v) is 7.71. The molecule has 2 atom stereocenters. The van der Waals surface area contributed by atoms with Crippen LogP contribution in [0.15, 0.2) is 0 Å². The highest BCUT2D eigenvalue weighted by molar-refractivity contribution is 5.97. The van der Waals surface area contributed by atoms with E-state index < -0.39 is 0 Å². The van der Waals surface area contributed by atoms with Crippen molar-refractivity contribution in [3.63, 3.8) is 0 Å². The average Bonchev–Trinajstić information content (AvgIpc) is 3.20. The molecule has 0 aromatic carbocycles. The minimum atomic E-state index is -0.202. The molecule has 1 aliphatic carbocycles. The Balaban J connectivity index is 1.69. The summed E-state index contributed by atoms with van der Waals surface area (Å²) in [6, 6.07) is 0. The van der Waals surface area contributed by atoms with Gasteiger partial charge in [-0.3, -0.25) is 14.3 Å². The van der Waals surface area contributed by atoms with Crippen molar-refractivity contribution in [3.05, 3.63) is 17.0 Å². The van der Waals surface area contributed by atoms with Gasteiger partial charge in [-0.15, -0.1) is 0 Å². The van der Waals surface area contributed by atoms with Crippen molar-refractivity contribution in [2.75, 3.05) is 26.8 Å². The summed E-state index contributed by atoms with van der Waals surface area (Å²) in [5.74, 6) is -0.193. The molecular weight excluding hydrogens is 336 g/mol. The Labute approximate surface area is 152 Å². The summed E-state index contributed by atoms with van der Waals surface area (Å²) in [6.45, 7) is 5.61. The maximum atomic E-state index is 13.4. The minimum absolute atomic E-state index is 0.0311. The van der Waals surface area contributed by atoms with Gasteiger partial charge in [0.15, 0.2) is 0 Å². The highest BCUT2D eigenvalue weighted by Crippen LogP contribution is 2.39. The molecular formula is C18H26N4O4. The SMILES string of the molecule is COCCn1nc2c(c1C(=O)N1CC(=O)NC3(CC3)C1)C[C@H](C)O[C@@H]2C. The number of aromatic nitrogens is 2. The van der Waals surface area contributed by atoms with Crippen LogP contribution in [-0.4, -0.2) is 64.9 Å². The van der Waals surface area contributed by atoms with Crippen LogP contribution in [0.1, 0.15) is 54.5 Å². The van der Waals surface area contributed by atoms with Crippen LogP contribution in [0, 0.1) is 0 Å². The fraction of sp³-hybridized carbons (Fsp3) is 0.722. The van der Waals surface area contributed by atoms with Gasteiger partial charge < -0.3 is 19.7 Å². The molecule has 2 aliphatic heterocycles. The molecule has 26 heavy (non-hydrogen) atoms. The summed E-state index contributed by atoms with van der Waals surface area (Å²) >= 11 is 0. The first-order chi connectivity index (χ1) is 12.4. The maximum absolute atomic E-state index is 13.4. The molecule has 142 valence electrons. The van der Waals surface area contributed by atoms with Crippen molar-refractivity contribution in [1.82, 2.24) is 20.0 Å². The number of ether oxygens (including phenoxy) is 2. The smallest absolute Gasteiger partial charge is 0.272 e. The van der Waals surface area contributed by atoms with Crippen molar-refractivity contribution >= 4 is 11.8 Å². The van der Waals surface area contributed by atoms with E-state index in [0.717, 1.165) is 24.1 Å². The Morgan fingerprint density at radius 3 is 2.88 bits per heavy atom. The summed E-state index contributed by atoms with van der Waals surface area (Å²) in [7, 11) is 1.63. The second kappa shape index (κ2) is 6.35. The fourth-order valence-corrected chi connectivity index (χ4v) is 4.07. The van der Waals surface area contributed by atoms with Crippen LogP contribution in [-0.2, 0) is 27.2 Å². The molecule has 4 rings (SSSR count). The van der Waals surface area contributed by atoms with Crippen LogP contribution in [0.4, 0.5) is 0 Å². The van der Waals surface area contributed by atoms with Crippen molar-refractivity contribution < 1.29 is 19.1 Å². The lowest BCUT2D eigenvalue weighted by Gasteiger charge is -2.34. The third-order valence-electron chi connectivity index (χ3n) is 5.48. The van der Waals surface area contributed by atoms with Crippen LogP contribution in [0.3, 0.4) is 0 Å². The summed E-state index contributed by atoms with van der Waals surface area (Å²) in [6.07, 6.45) is 2.41. The van der Waals surface area contributed by atoms with Gasteiger partial charge in [-0.1, -0.05) is 0 Å². The Bertz CT molecular complexity index is 740. The van der Waals surface area contributed by atoms with Gasteiger partial charge in [0.1, 0.15) is 5.69 Å². The zero-order valence-corrected chi connectivity index (χ0v) is 15.6. The maximum Gasteiger partial charge on any atom is 0.272 e. The molecule has 1 N–H and O–H groups in total. The number of fused-ring (bicyclic) bond motifs is 1. The summed E-state index contributed by atoms with van der Waals surface area (Å²) in [4.78, 5) is 27.2. The monoisotopic (exact) mass is 362 g/mol. The lowest BCUT2D eigenvalue weighted by atomic mass is 9.99. The molecule has 3 heterocycles. The van der Waals surface area contributed by atoms with Crippen LogP contribution < -0.4 is 5.32 Å². The number of rotatable bonds is 4. The van der Waals surface area contributed by atoms with Gasteiger partial charge >= 0.3 is 0 Å². The van der Waals surface area contributed by atoms with E-state index in [0.29, 0.717) is 31.8 Å². The van der Waals surface area contributed by atoms with Crippen molar-refractivity contribution in [2.45, 2.75) is 57.4 Å². The van der Waals surface area contributed by atoms with Crippen LogP contribution in [0.25, 0.3) is 0 Å². The number of nitrogens with one attached hydrogen (secondary N) is 1. The molecule has 0 unspecified atom stereocenters. The fourth-order valence-electron chi connectivity index (χ4n) is 4.07. The molecule has 1 aromatic rings. The topological polar surface area (TPSA) is 85.7 Å². The molecule has 8 heteroatoms. The third kappa shape index (κ3) is 3.01. The number of hydrogen-bond donors (Lipinski definition) is 1. The minimum Gasteiger partial charge on any atom is -0.383 e. The second-order valence-electron chi connectivity index (χ2n) is 7.71. The van der Waals surface area contributed by atoms with Gasteiger partial charge in [-0.05, 0) is 26.7 Å². The zero-order valence-electron chi connectivity index (χ0n) is 15.6. The molecule has 1 aromatic heterocycles.